The van der Waals surface area contributed by atoms with Crippen molar-refractivity contribution in [2.24, 2.45) is 5.92 Å². The van der Waals surface area contributed by atoms with E-state index in [4.69, 9.17) is 10.8 Å². The van der Waals surface area contributed by atoms with Gasteiger partial charge in [0.05, 0.1) is 16.3 Å². The first-order valence-corrected chi connectivity index (χ1v) is 8.60. The number of hydrogen-bond acceptors (Lipinski definition) is 5. The second kappa shape index (κ2) is 8.21. The third-order valence-electron chi connectivity index (χ3n) is 3.42. The van der Waals surface area contributed by atoms with Gasteiger partial charge in [-0.1, -0.05) is 13.3 Å². The Labute approximate surface area is 126 Å². The quantitative estimate of drug-likeness (QED) is 0.515. The van der Waals surface area contributed by atoms with E-state index in [0.29, 0.717) is 23.8 Å². The second-order valence-corrected chi connectivity index (χ2v) is 6.89. The zero-order chi connectivity index (χ0) is 15.9. The predicted molar refractivity (Wildman–Crippen MR) is 85.7 cm³/mol. The SMILES string of the molecule is CCCC(CCO)CNc1cc(S(=O)(=O)NC)ccc1N. The highest BCUT2D eigenvalue weighted by Crippen LogP contribution is 2.23. The molecule has 1 aromatic carbocycles. The molecule has 21 heavy (non-hydrogen) atoms. The molecule has 0 aromatic heterocycles. The van der Waals surface area contributed by atoms with E-state index in [1.165, 1.54) is 19.2 Å². The maximum absolute atomic E-state index is 11.8. The number of aliphatic hydroxyl groups excluding tert-OH is 1. The Morgan fingerprint density at radius 1 is 1.33 bits per heavy atom. The fraction of sp³-hybridized carbons (Fsp3) is 0.571. The topological polar surface area (TPSA) is 104 Å². The highest BCUT2D eigenvalue weighted by atomic mass is 32.2. The molecule has 0 heterocycles. The van der Waals surface area contributed by atoms with Gasteiger partial charge in [-0.2, -0.15) is 0 Å². The van der Waals surface area contributed by atoms with E-state index in [1.54, 1.807) is 6.07 Å². The number of nitrogen functional groups attached to an aromatic ring is 1. The molecule has 1 atom stereocenters. The van der Waals surface area contributed by atoms with Gasteiger partial charge >= 0.3 is 0 Å². The number of nitrogens with two attached hydrogens (primary N) is 1. The van der Waals surface area contributed by atoms with E-state index in [9.17, 15) is 8.42 Å². The van der Waals surface area contributed by atoms with Gasteiger partial charge in [0.2, 0.25) is 10.0 Å². The first-order chi connectivity index (χ1) is 9.94. The lowest BCUT2D eigenvalue weighted by atomic mass is 10.00. The summed E-state index contributed by atoms with van der Waals surface area (Å²) in [5.41, 5.74) is 6.99. The molecule has 0 spiro atoms. The van der Waals surface area contributed by atoms with Crippen molar-refractivity contribution in [1.29, 1.82) is 0 Å². The van der Waals surface area contributed by atoms with Crippen molar-refractivity contribution in [2.75, 3.05) is 31.2 Å². The Kier molecular flexibility index (Phi) is 6.94. The maximum Gasteiger partial charge on any atom is 0.240 e. The summed E-state index contributed by atoms with van der Waals surface area (Å²) in [6, 6.07) is 4.58. The molecule has 0 amide bonds. The maximum atomic E-state index is 11.8. The van der Waals surface area contributed by atoms with Crippen LogP contribution >= 0.6 is 0 Å². The van der Waals surface area contributed by atoms with Crippen molar-refractivity contribution in [2.45, 2.75) is 31.1 Å². The lowest BCUT2D eigenvalue weighted by Gasteiger charge is -2.18. The smallest absolute Gasteiger partial charge is 0.240 e. The Bertz CT molecular complexity index is 540. The summed E-state index contributed by atoms with van der Waals surface area (Å²) >= 11 is 0. The molecule has 0 aliphatic rings. The summed E-state index contributed by atoms with van der Waals surface area (Å²) in [6.07, 6.45) is 2.76. The van der Waals surface area contributed by atoms with E-state index in [2.05, 4.69) is 17.0 Å². The van der Waals surface area contributed by atoms with E-state index in [1.807, 2.05) is 0 Å². The molecule has 1 unspecified atom stereocenters. The zero-order valence-electron chi connectivity index (χ0n) is 12.6. The molecule has 6 nitrogen and oxygen atoms in total. The summed E-state index contributed by atoms with van der Waals surface area (Å²) in [4.78, 5) is 0.177. The lowest BCUT2D eigenvalue weighted by molar-refractivity contribution is 0.255. The Morgan fingerprint density at radius 3 is 2.62 bits per heavy atom. The monoisotopic (exact) mass is 315 g/mol. The number of aliphatic hydroxyl groups is 1. The van der Waals surface area contributed by atoms with Crippen molar-refractivity contribution >= 4 is 21.4 Å². The molecule has 0 bridgehead atoms. The number of benzene rings is 1. The second-order valence-electron chi connectivity index (χ2n) is 5.00. The van der Waals surface area contributed by atoms with E-state index in [0.717, 1.165) is 19.3 Å². The first kappa shape index (κ1) is 17.7. The molecule has 7 heteroatoms. The zero-order valence-corrected chi connectivity index (χ0v) is 13.4. The molecule has 0 aliphatic heterocycles. The molecule has 0 radical (unpaired) electrons. The summed E-state index contributed by atoms with van der Waals surface area (Å²) in [7, 11) is -2.11. The summed E-state index contributed by atoms with van der Waals surface area (Å²) in [5.74, 6) is 0.337. The minimum atomic E-state index is -3.48. The van der Waals surface area contributed by atoms with Gasteiger partial charge in [-0.15, -0.1) is 0 Å². The number of sulfonamides is 1. The molecule has 0 fully saturated rings. The fourth-order valence-electron chi connectivity index (χ4n) is 2.17. The van der Waals surface area contributed by atoms with Crippen LogP contribution in [0.3, 0.4) is 0 Å². The molecule has 1 aromatic rings. The molecule has 5 N–H and O–H groups in total. The van der Waals surface area contributed by atoms with E-state index < -0.39 is 10.0 Å². The summed E-state index contributed by atoms with van der Waals surface area (Å²) < 4.78 is 25.9. The third-order valence-corrected chi connectivity index (χ3v) is 4.83. The Morgan fingerprint density at radius 2 is 2.05 bits per heavy atom. The Hall–Kier alpha value is -1.31. The molecule has 0 saturated heterocycles. The minimum Gasteiger partial charge on any atom is -0.397 e. The van der Waals surface area contributed by atoms with Crippen LogP contribution in [0.5, 0.6) is 0 Å². The van der Waals surface area contributed by atoms with Crippen molar-refractivity contribution in [3.63, 3.8) is 0 Å². The lowest BCUT2D eigenvalue weighted by Crippen LogP contribution is -2.20. The van der Waals surface area contributed by atoms with Crippen LogP contribution in [0.4, 0.5) is 11.4 Å². The van der Waals surface area contributed by atoms with Gasteiger partial charge in [-0.3, -0.25) is 0 Å². The highest BCUT2D eigenvalue weighted by Gasteiger charge is 2.14. The molecule has 120 valence electrons. The van der Waals surface area contributed by atoms with Gasteiger partial charge in [-0.25, -0.2) is 13.1 Å². The molecular weight excluding hydrogens is 290 g/mol. The summed E-state index contributed by atoms with van der Waals surface area (Å²) in [6.45, 7) is 2.90. The number of anilines is 2. The standard InChI is InChI=1S/C14H25N3O3S/c1-3-4-11(7-8-18)10-17-14-9-12(5-6-13(14)15)21(19,20)16-2/h5-6,9,11,16-18H,3-4,7-8,10,15H2,1-2H3. The van der Waals surface area contributed by atoms with Crippen LogP contribution in [0.25, 0.3) is 0 Å². The molecular formula is C14H25N3O3S. The number of rotatable bonds is 9. The number of hydrogen-bond donors (Lipinski definition) is 4. The normalized spacial score (nSPS) is 13.1. The third kappa shape index (κ3) is 5.18. The van der Waals surface area contributed by atoms with Gasteiger partial charge in [0.1, 0.15) is 0 Å². The predicted octanol–water partition coefficient (Wildman–Crippen LogP) is 1.39. The van der Waals surface area contributed by atoms with Gasteiger partial charge in [0.15, 0.2) is 0 Å². The van der Waals surface area contributed by atoms with Crippen LogP contribution in [0.2, 0.25) is 0 Å². The largest absolute Gasteiger partial charge is 0.397 e. The molecule has 0 aliphatic carbocycles. The van der Waals surface area contributed by atoms with Crippen molar-refractivity contribution < 1.29 is 13.5 Å². The van der Waals surface area contributed by atoms with Crippen LogP contribution in [0.1, 0.15) is 26.2 Å². The summed E-state index contributed by atoms with van der Waals surface area (Å²) in [5, 5.41) is 12.2. The molecule has 1 rings (SSSR count). The van der Waals surface area contributed by atoms with Gasteiger partial charge in [0, 0.05) is 13.2 Å². The average molecular weight is 315 g/mol. The van der Waals surface area contributed by atoms with E-state index in [-0.39, 0.29) is 11.5 Å². The Balaban J connectivity index is 2.85. The van der Waals surface area contributed by atoms with Crippen molar-refractivity contribution in [1.82, 2.24) is 4.72 Å². The first-order valence-electron chi connectivity index (χ1n) is 7.12. The van der Waals surface area contributed by atoms with Crippen molar-refractivity contribution in [3.8, 4) is 0 Å². The van der Waals surface area contributed by atoms with Crippen LogP contribution in [0, 0.1) is 5.92 Å². The van der Waals surface area contributed by atoms with Crippen LogP contribution < -0.4 is 15.8 Å². The van der Waals surface area contributed by atoms with Crippen molar-refractivity contribution in [3.05, 3.63) is 18.2 Å². The van der Waals surface area contributed by atoms with Crippen LogP contribution in [-0.4, -0.2) is 33.7 Å². The van der Waals surface area contributed by atoms with Gasteiger partial charge in [-0.05, 0) is 44.0 Å². The number of nitrogens with one attached hydrogen (secondary N) is 2. The fourth-order valence-corrected chi connectivity index (χ4v) is 2.92. The minimum absolute atomic E-state index is 0.149. The van der Waals surface area contributed by atoms with Crippen LogP contribution in [0.15, 0.2) is 23.1 Å². The van der Waals surface area contributed by atoms with Gasteiger partial charge < -0.3 is 16.2 Å². The van der Waals surface area contributed by atoms with Gasteiger partial charge in [0.25, 0.3) is 0 Å². The highest BCUT2D eigenvalue weighted by molar-refractivity contribution is 7.89. The average Bonchev–Trinajstić information content (AvgIpc) is 2.46. The van der Waals surface area contributed by atoms with Crippen LogP contribution in [-0.2, 0) is 10.0 Å². The molecule has 0 saturated carbocycles. The van der Waals surface area contributed by atoms with E-state index >= 15 is 0 Å².